The van der Waals surface area contributed by atoms with E-state index < -0.39 is 23.6 Å². The van der Waals surface area contributed by atoms with E-state index in [0.29, 0.717) is 16.8 Å². The van der Waals surface area contributed by atoms with Gasteiger partial charge in [-0.2, -0.15) is 0 Å². The summed E-state index contributed by atoms with van der Waals surface area (Å²) in [4.78, 5) is 21.9. The Morgan fingerprint density at radius 3 is 2.29 bits per heavy atom. The Balaban J connectivity index is 2.21. The minimum Gasteiger partial charge on any atom is -0.406 e. The lowest BCUT2D eigenvalue weighted by molar-refractivity contribution is -0.274. The number of alkyl halides is 3. The average Bonchev–Trinajstić information content (AvgIpc) is 3.06. The summed E-state index contributed by atoms with van der Waals surface area (Å²) in [5.41, 5.74) is 6.24. The van der Waals surface area contributed by atoms with Crippen molar-refractivity contribution in [2.75, 3.05) is 0 Å². The van der Waals surface area contributed by atoms with E-state index in [2.05, 4.69) is 14.7 Å². The topological polar surface area (TPSA) is 98.3 Å². The number of nitrogens with two attached hydrogens (primary N) is 1. The molecule has 0 bridgehead atoms. The highest BCUT2D eigenvalue weighted by molar-refractivity contribution is 7.13. The number of aromatic nitrogens is 2. The minimum atomic E-state index is -4.81. The number of benzene rings is 1. The number of primary amides is 1. The summed E-state index contributed by atoms with van der Waals surface area (Å²) in [6.07, 6.45) is -4.81. The number of aryl methyl sites for hydroxylation is 1. The van der Waals surface area contributed by atoms with Gasteiger partial charge in [0.2, 0.25) is 0 Å². The predicted molar refractivity (Wildman–Crippen MR) is 111 cm³/mol. The fraction of sp³-hybridized carbons (Fsp3) is 0.286. The van der Waals surface area contributed by atoms with Crippen LogP contribution in [0, 0.1) is 6.92 Å². The van der Waals surface area contributed by atoms with Crippen LogP contribution >= 0.6 is 11.3 Å². The second kappa shape index (κ2) is 8.27. The summed E-state index contributed by atoms with van der Waals surface area (Å²) in [6.45, 7) is 4.98. The Kier molecular flexibility index (Phi) is 6.06. The molecule has 3 aromatic rings. The zero-order chi connectivity index (χ0) is 23.0. The number of carbonyl (C=O) groups excluding carboxylic acids is 1. The van der Waals surface area contributed by atoms with E-state index in [4.69, 9.17) is 5.73 Å². The fourth-order valence-electron chi connectivity index (χ4n) is 3.04. The van der Waals surface area contributed by atoms with Gasteiger partial charge < -0.3 is 15.6 Å². The predicted octanol–water partition coefficient (Wildman–Crippen LogP) is 4.49. The maximum atomic E-state index is 12.5. The van der Waals surface area contributed by atoms with Crippen LogP contribution in [0.25, 0.3) is 22.0 Å². The van der Waals surface area contributed by atoms with Crippen LogP contribution in [-0.2, 0) is 6.42 Å². The molecular formula is C21H20F3N3O3S. The molecule has 0 aliphatic heterocycles. The fourth-order valence-corrected chi connectivity index (χ4v) is 3.90. The number of halogens is 3. The highest BCUT2D eigenvalue weighted by Crippen LogP contribution is 2.34. The molecule has 1 aromatic carbocycles. The molecule has 0 fully saturated rings. The standard InChI is InChI=1S/C21H20F3N3O3S/c1-11-8-9-31-17(11)19-26-15(12-4-6-13(7-5-12)30-21(22,23)24)14(10-20(2,3)29)16(27-19)18(25)28/h4-9,29H,10H2,1-3H3,(H2,25,28). The summed E-state index contributed by atoms with van der Waals surface area (Å²) >= 11 is 1.38. The van der Waals surface area contributed by atoms with E-state index in [1.165, 1.54) is 23.5 Å². The molecule has 0 atom stereocenters. The molecule has 0 radical (unpaired) electrons. The molecule has 6 nitrogen and oxygen atoms in total. The summed E-state index contributed by atoms with van der Waals surface area (Å²) in [7, 11) is 0. The first kappa shape index (κ1) is 22.7. The van der Waals surface area contributed by atoms with Gasteiger partial charge in [0, 0.05) is 17.5 Å². The number of hydrogen-bond donors (Lipinski definition) is 2. The van der Waals surface area contributed by atoms with Gasteiger partial charge in [0.05, 0.1) is 16.2 Å². The van der Waals surface area contributed by atoms with Crippen molar-refractivity contribution in [1.29, 1.82) is 0 Å². The normalized spacial score (nSPS) is 12.1. The molecule has 0 saturated carbocycles. The first-order valence-electron chi connectivity index (χ1n) is 9.18. The van der Waals surface area contributed by atoms with Gasteiger partial charge >= 0.3 is 6.36 Å². The van der Waals surface area contributed by atoms with E-state index in [1.807, 2.05) is 18.4 Å². The number of amides is 1. The number of aliphatic hydroxyl groups is 1. The Bertz CT molecular complexity index is 1100. The molecule has 0 aliphatic carbocycles. The van der Waals surface area contributed by atoms with Crippen LogP contribution in [0.3, 0.4) is 0 Å². The van der Waals surface area contributed by atoms with Crippen molar-refractivity contribution in [2.45, 2.75) is 39.2 Å². The number of ether oxygens (including phenoxy) is 1. The molecule has 2 aromatic heterocycles. The third-order valence-electron chi connectivity index (χ3n) is 4.28. The van der Waals surface area contributed by atoms with E-state index >= 15 is 0 Å². The van der Waals surface area contributed by atoms with Crippen molar-refractivity contribution in [3.05, 3.63) is 52.5 Å². The molecule has 2 heterocycles. The molecule has 164 valence electrons. The SMILES string of the molecule is Cc1ccsc1-c1nc(C(N)=O)c(CC(C)(C)O)c(-c2ccc(OC(F)(F)F)cc2)n1. The summed E-state index contributed by atoms with van der Waals surface area (Å²) < 4.78 is 41.4. The summed E-state index contributed by atoms with van der Waals surface area (Å²) in [5.74, 6) is -0.916. The molecule has 3 N–H and O–H groups in total. The minimum absolute atomic E-state index is 0.00507. The number of nitrogens with zero attached hydrogens (tertiary/aromatic N) is 2. The van der Waals surface area contributed by atoms with Crippen molar-refractivity contribution in [1.82, 2.24) is 9.97 Å². The van der Waals surface area contributed by atoms with Gasteiger partial charge in [0.15, 0.2) is 5.82 Å². The van der Waals surface area contributed by atoms with Gasteiger partial charge in [0.1, 0.15) is 11.4 Å². The number of hydrogen-bond acceptors (Lipinski definition) is 6. The third kappa shape index (κ3) is 5.59. The van der Waals surface area contributed by atoms with Crippen molar-refractivity contribution in [3.8, 4) is 27.7 Å². The lowest BCUT2D eigenvalue weighted by Crippen LogP contribution is -2.27. The van der Waals surface area contributed by atoms with Crippen molar-refractivity contribution < 1.29 is 27.8 Å². The highest BCUT2D eigenvalue weighted by atomic mass is 32.1. The largest absolute Gasteiger partial charge is 0.573 e. The maximum absolute atomic E-state index is 12.5. The van der Waals surface area contributed by atoms with Crippen LogP contribution in [0.5, 0.6) is 5.75 Å². The summed E-state index contributed by atoms with van der Waals surface area (Å²) in [5, 5.41) is 12.2. The van der Waals surface area contributed by atoms with Crippen LogP contribution < -0.4 is 10.5 Å². The van der Waals surface area contributed by atoms with E-state index in [9.17, 15) is 23.1 Å². The summed E-state index contributed by atoms with van der Waals surface area (Å²) in [6, 6.07) is 6.97. The third-order valence-corrected chi connectivity index (χ3v) is 5.29. The van der Waals surface area contributed by atoms with E-state index in [-0.39, 0.29) is 17.9 Å². The van der Waals surface area contributed by atoms with Crippen molar-refractivity contribution in [2.24, 2.45) is 5.73 Å². The lowest BCUT2D eigenvalue weighted by Gasteiger charge is -2.21. The van der Waals surface area contributed by atoms with E-state index in [1.54, 1.807) is 13.8 Å². The molecule has 1 amide bonds. The van der Waals surface area contributed by atoms with E-state index in [0.717, 1.165) is 22.6 Å². The van der Waals surface area contributed by atoms with Gasteiger partial charge in [-0.1, -0.05) is 0 Å². The number of carbonyl (C=O) groups is 1. The molecule has 10 heteroatoms. The quantitative estimate of drug-likeness (QED) is 0.575. The molecule has 31 heavy (non-hydrogen) atoms. The van der Waals surface area contributed by atoms with Gasteiger partial charge in [-0.05, 0) is 62.0 Å². The number of rotatable bonds is 6. The number of thiophene rings is 1. The Morgan fingerprint density at radius 2 is 1.81 bits per heavy atom. The van der Waals surface area contributed by atoms with Crippen LogP contribution in [0.2, 0.25) is 0 Å². The Labute approximate surface area is 180 Å². The van der Waals surface area contributed by atoms with Crippen LogP contribution in [0.4, 0.5) is 13.2 Å². The molecule has 0 spiro atoms. The highest BCUT2D eigenvalue weighted by Gasteiger charge is 2.31. The molecular weight excluding hydrogens is 431 g/mol. The molecule has 0 saturated heterocycles. The maximum Gasteiger partial charge on any atom is 0.573 e. The first-order chi connectivity index (χ1) is 14.3. The van der Waals surface area contributed by atoms with Crippen molar-refractivity contribution in [3.63, 3.8) is 0 Å². The first-order valence-corrected chi connectivity index (χ1v) is 10.1. The lowest BCUT2D eigenvalue weighted by atomic mass is 9.93. The second-order valence-electron chi connectivity index (χ2n) is 7.58. The molecule has 3 rings (SSSR count). The van der Waals surface area contributed by atoms with Crippen LogP contribution in [0.15, 0.2) is 35.7 Å². The Hall–Kier alpha value is -2.98. The smallest absolute Gasteiger partial charge is 0.406 e. The van der Waals surface area contributed by atoms with Gasteiger partial charge in [-0.25, -0.2) is 9.97 Å². The average molecular weight is 451 g/mol. The van der Waals surface area contributed by atoms with Crippen LogP contribution in [0.1, 0.15) is 35.5 Å². The second-order valence-corrected chi connectivity index (χ2v) is 8.50. The van der Waals surface area contributed by atoms with Gasteiger partial charge in [-0.15, -0.1) is 24.5 Å². The molecule has 0 aliphatic rings. The van der Waals surface area contributed by atoms with Crippen molar-refractivity contribution >= 4 is 17.2 Å². The van der Waals surface area contributed by atoms with Gasteiger partial charge in [-0.3, -0.25) is 4.79 Å². The van der Waals surface area contributed by atoms with Crippen LogP contribution in [-0.4, -0.2) is 32.9 Å². The zero-order valence-corrected chi connectivity index (χ0v) is 17.8. The monoisotopic (exact) mass is 451 g/mol. The molecule has 0 unspecified atom stereocenters. The Morgan fingerprint density at radius 1 is 1.16 bits per heavy atom. The zero-order valence-electron chi connectivity index (χ0n) is 16.9. The van der Waals surface area contributed by atoms with Gasteiger partial charge in [0.25, 0.3) is 5.91 Å².